The molecule has 4 nitrogen and oxygen atoms in total. The van der Waals surface area contributed by atoms with Crippen LogP contribution in [0.15, 0.2) is 30.6 Å². The van der Waals surface area contributed by atoms with Gasteiger partial charge in [-0.3, -0.25) is 0 Å². The van der Waals surface area contributed by atoms with Crippen molar-refractivity contribution in [3.63, 3.8) is 0 Å². The SMILES string of the molecule is Fc1ccc(Nc2cc(NC3CCCC3)ncn2)cc1Cl. The second kappa shape index (κ2) is 6.26. The van der Waals surface area contributed by atoms with E-state index in [2.05, 4.69) is 20.6 Å². The Balaban J connectivity index is 1.71. The Labute approximate surface area is 127 Å². The van der Waals surface area contributed by atoms with E-state index in [-0.39, 0.29) is 5.02 Å². The quantitative estimate of drug-likeness (QED) is 0.881. The highest BCUT2D eigenvalue weighted by Gasteiger charge is 2.15. The van der Waals surface area contributed by atoms with Crippen LogP contribution >= 0.6 is 11.6 Å². The molecule has 0 saturated heterocycles. The molecule has 1 fully saturated rings. The number of anilines is 3. The van der Waals surface area contributed by atoms with Crippen molar-refractivity contribution in [1.29, 1.82) is 0 Å². The summed E-state index contributed by atoms with van der Waals surface area (Å²) in [7, 11) is 0. The Bertz CT molecular complexity index is 629. The van der Waals surface area contributed by atoms with Crippen LogP contribution in [0.4, 0.5) is 21.7 Å². The van der Waals surface area contributed by atoms with Gasteiger partial charge < -0.3 is 10.6 Å². The van der Waals surface area contributed by atoms with E-state index >= 15 is 0 Å². The molecule has 1 heterocycles. The van der Waals surface area contributed by atoms with E-state index in [1.54, 1.807) is 6.07 Å². The molecule has 0 aliphatic heterocycles. The molecule has 6 heteroatoms. The fourth-order valence-electron chi connectivity index (χ4n) is 2.51. The standard InChI is InChI=1S/C15H16ClFN4/c16-12-7-11(5-6-13(12)17)21-15-8-14(18-9-19-15)20-10-3-1-2-4-10/h5-10H,1-4H2,(H2,18,19,20,21). The molecular weight excluding hydrogens is 291 g/mol. The molecule has 0 atom stereocenters. The van der Waals surface area contributed by atoms with E-state index < -0.39 is 5.82 Å². The Kier molecular flexibility index (Phi) is 4.20. The fraction of sp³-hybridized carbons (Fsp3) is 0.333. The Morgan fingerprint density at radius 1 is 1.10 bits per heavy atom. The Morgan fingerprint density at radius 2 is 1.86 bits per heavy atom. The van der Waals surface area contributed by atoms with Crippen LogP contribution in [0.1, 0.15) is 25.7 Å². The van der Waals surface area contributed by atoms with E-state index in [0.717, 1.165) is 5.82 Å². The molecular formula is C15H16ClFN4. The van der Waals surface area contributed by atoms with Crippen LogP contribution in [0.25, 0.3) is 0 Å². The second-order valence-electron chi connectivity index (χ2n) is 5.17. The first-order chi connectivity index (χ1) is 10.2. The first-order valence-corrected chi connectivity index (χ1v) is 7.39. The largest absolute Gasteiger partial charge is 0.367 e. The van der Waals surface area contributed by atoms with Gasteiger partial charge >= 0.3 is 0 Å². The van der Waals surface area contributed by atoms with Crippen molar-refractivity contribution in [2.45, 2.75) is 31.7 Å². The number of halogens is 2. The number of nitrogens with one attached hydrogen (secondary N) is 2. The summed E-state index contributed by atoms with van der Waals surface area (Å²) in [5.41, 5.74) is 0.687. The van der Waals surface area contributed by atoms with Gasteiger partial charge in [0.2, 0.25) is 0 Å². The van der Waals surface area contributed by atoms with Gasteiger partial charge in [0.15, 0.2) is 0 Å². The summed E-state index contributed by atoms with van der Waals surface area (Å²) < 4.78 is 13.1. The van der Waals surface area contributed by atoms with Gasteiger partial charge in [0.05, 0.1) is 5.02 Å². The summed E-state index contributed by atoms with van der Waals surface area (Å²) in [6, 6.07) is 6.81. The van der Waals surface area contributed by atoms with Crippen molar-refractivity contribution in [2.24, 2.45) is 0 Å². The van der Waals surface area contributed by atoms with Gasteiger partial charge in [-0.25, -0.2) is 14.4 Å². The molecule has 1 aliphatic carbocycles. The first-order valence-electron chi connectivity index (χ1n) is 7.01. The zero-order valence-electron chi connectivity index (χ0n) is 11.4. The van der Waals surface area contributed by atoms with Crippen molar-refractivity contribution in [3.05, 3.63) is 41.4 Å². The normalized spacial score (nSPS) is 15.1. The van der Waals surface area contributed by atoms with Gasteiger partial charge in [-0.05, 0) is 31.0 Å². The van der Waals surface area contributed by atoms with Crippen LogP contribution in [0.2, 0.25) is 5.02 Å². The first kappa shape index (κ1) is 14.1. The molecule has 110 valence electrons. The number of benzene rings is 1. The highest BCUT2D eigenvalue weighted by molar-refractivity contribution is 6.31. The second-order valence-corrected chi connectivity index (χ2v) is 5.58. The van der Waals surface area contributed by atoms with Crippen LogP contribution < -0.4 is 10.6 Å². The maximum absolute atomic E-state index is 13.1. The zero-order valence-corrected chi connectivity index (χ0v) is 12.2. The topological polar surface area (TPSA) is 49.8 Å². The van der Waals surface area contributed by atoms with E-state index in [1.165, 1.54) is 44.1 Å². The van der Waals surface area contributed by atoms with Crippen molar-refractivity contribution >= 4 is 28.9 Å². The van der Waals surface area contributed by atoms with Crippen molar-refractivity contribution < 1.29 is 4.39 Å². The third-order valence-electron chi connectivity index (χ3n) is 3.57. The number of hydrogen-bond donors (Lipinski definition) is 2. The summed E-state index contributed by atoms with van der Waals surface area (Å²) in [6.07, 6.45) is 6.40. The van der Waals surface area contributed by atoms with Gasteiger partial charge in [-0.2, -0.15) is 0 Å². The summed E-state index contributed by atoms with van der Waals surface area (Å²) >= 11 is 5.76. The molecule has 1 saturated carbocycles. The maximum Gasteiger partial charge on any atom is 0.141 e. The monoisotopic (exact) mass is 306 g/mol. The molecule has 2 aromatic rings. The van der Waals surface area contributed by atoms with Crippen LogP contribution in [-0.4, -0.2) is 16.0 Å². The average molecular weight is 307 g/mol. The minimum atomic E-state index is -0.437. The smallest absolute Gasteiger partial charge is 0.141 e. The predicted octanol–water partition coefficient (Wildman–Crippen LogP) is 4.37. The lowest BCUT2D eigenvalue weighted by atomic mass is 10.2. The lowest BCUT2D eigenvalue weighted by Crippen LogP contribution is -2.15. The van der Waals surface area contributed by atoms with E-state index in [4.69, 9.17) is 11.6 Å². The van der Waals surface area contributed by atoms with Gasteiger partial charge in [0.25, 0.3) is 0 Å². The van der Waals surface area contributed by atoms with Crippen molar-refractivity contribution in [1.82, 2.24) is 9.97 Å². The molecule has 0 amide bonds. The fourth-order valence-corrected chi connectivity index (χ4v) is 2.69. The molecule has 1 aromatic carbocycles. The minimum absolute atomic E-state index is 0.0818. The Morgan fingerprint density at radius 3 is 2.62 bits per heavy atom. The molecule has 2 N–H and O–H groups in total. The van der Waals surface area contributed by atoms with Crippen LogP contribution in [0, 0.1) is 5.82 Å². The molecule has 0 unspecified atom stereocenters. The van der Waals surface area contributed by atoms with E-state index in [9.17, 15) is 4.39 Å². The van der Waals surface area contributed by atoms with Crippen LogP contribution in [0.3, 0.4) is 0 Å². The molecule has 0 radical (unpaired) electrons. The highest BCUT2D eigenvalue weighted by Crippen LogP contribution is 2.24. The van der Waals surface area contributed by atoms with Crippen molar-refractivity contribution in [3.8, 4) is 0 Å². The summed E-state index contributed by atoms with van der Waals surface area (Å²) in [5.74, 6) is 1.01. The van der Waals surface area contributed by atoms with Gasteiger partial charge in [-0.1, -0.05) is 24.4 Å². The molecule has 0 bridgehead atoms. The van der Waals surface area contributed by atoms with Gasteiger partial charge in [0.1, 0.15) is 23.8 Å². The minimum Gasteiger partial charge on any atom is -0.367 e. The van der Waals surface area contributed by atoms with Crippen molar-refractivity contribution in [2.75, 3.05) is 10.6 Å². The molecule has 3 rings (SSSR count). The third kappa shape index (κ3) is 3.61. The van der Waals surface area contributed by atoms with Crippen LogP contribution in [0.5, 0.6) is 0 Å². The lowest BCUT2D eigenvalue weighted by Gasteiger charge is -2.13. The summed E-state index contributed by atoms with van der Waals surface area (Å²) in [6.45, 7) is 0. The number of aromatic nitrogens is 2. The molecule has 21 heavy (non-hydrogen) atoms. The molecule has 1 aliphatic rings. The third-order valence-corrected chi connectivity index (χ3v) is 3.86. The molecule has 0 spiro atoms. The Hall–Kier alpha value is -1.88. The lowest BCUT2D eigenvalue weighted by molar-refractivity contribution is 0.628. The number of rotatable bonds is 4. The number of hydrogen-bond acceptors (Lipinski definition) is 4. The number of nitrogens with zero attached hydrogens (tertiary/aromatic N) is 2. The molecule has 1 aromatic heterocycles. The van der Waals surface area contributed by atoms with Gasteiger partial charge in [0, 0.05) is 17.8 Å². The van der Waals surface area contributed by atoms with Gasteiger partial charge in [-0.15, -0.1) is 0 Å². The highest BCUT2D eigenvalue weighted by atomic mass is 35.5. The maximum atomic E-state index is 13.1. The summed E-state index contributed by atoms with van der Waals surface area (Å²) in [4.78, 5) is 8.39. The van der Waals surface area contributed by atoms with E-state index in [0.29, 0.717) is 17.5 Å². The summed E-state index contributed by atoms with van der Waals surface area (Å²) in [5, 5.41) is 6.59. The zero-order chi connectivity index (χ0) is 14.7. The average Bonchev–Trinajstić information content (AvgIpc) is 2.96. The van der Waals surface area contributed by atoms with Crippen LogP contribution in [-0.2, 0) is 0 Å². The predicted molar refractivity (Wildman–Crippen MR) is 82.6 cm³/mol. The van der Waals surface area contributed by atoms with E-state index in [1.807, 2.05) is 6.07 Å².